The van der Waals surface area contributed by atoms with Crippen molar-refractivity contribution < 1.29 is 14.6 Å². The number of aryl methyl sites for hydroxylation is 1. The van der Waals surface area contributed by atoms with Crippen LogP contribution < -0.4 is 5.32 Å². The molecule has 3 heterocycles. The fourth-order valence-electron chi connectivity index (χ4n) is 3.44. The predicted octanol–water partition coefficient (Wildman–Crippen LogP) is 0.158. The molecule has 2 aliphatic rings. The molecule has 25 heavy (non-hydrogen) atoms. The van der Waals surface area contributed by atoms with Gasteiger partial charge in [-0.2, -0.15) is 5.10 Å². The van der Waals surface area contributed by atoms with Gasteiger partial charge in [-0.05, 0) is 12.8 Å². The normalized spacial score (nSPS) is 24.4. The Kier molecular flexibility index (Phi) is 5.93. The van der Waals surface area contributed by atoms with Gasteiger partial charge in [0, 0.05) is 57.6 Å². The molecule has 2 saturated heterocycles. The highest BCUT2D eigenvalue weighted by molar-refractivity contribution is 5.80. The Morgan fingerprint density at radius 1 is 1.44 bits per heavy atom. The quantitative estimate of drug-likeness (QED) is 0.594. The van der Waals surface area contributed by atoms with Crippen molar-refractivity contribution in [3.63, 3.8) is 0 Å². The fourth-order valence-corrected chi connectivity index (χ4v) is 3.44. The van der Waals surface area contributed by atoms with Gasteiger partial charge in [-0.1, -0.05) is 0 Å². The average molecular weight is 351 g/mol. The molecular weight excluding hydrogens is 322 g/mol. The third-order valence-electron chi connectivity index (χ3n) is 5.18. The first kappa shape index (κ1) is 18.2. The second-order valence-electron chi connectivity index (χ2n) is 6.92. The Morgan fingerprint density at radius 2 is 2.24 bits per heavy atom. The molecule has 2 aliphatic heterocycles. The Hall–Kier alpha value is -1.64. The van der Waals surface area contributed by atoms with Crippen LogP contribution >= 0.6 is 0 Å². The molecule has 8 heteroatoms. The molecule has 3 rings (SSSR count). The number of rotatable bonds is 4. The summed E-state index contributed by atoms with van der Waals surface area (Å²) in [5.74, 6) is 0.858. The summed E-state index contributed by atoms with van der Waals surface area (Å²) >= 11 is 0. The monoisotopic (exact) mass is 351 g/mol. The van der Waals surface area contributed by atoms with E-state index in [4.69, 9.17) is 9.47 Å². The molecular formula is C17H29N5O3. The number of morpholine rings is 1. The number of aliphatic hydroxyl groups is 1. The van der Waals surface area contributed by atoms with Crippen molar-refractivity contribution in [3.8, 4) is 0 Å². The van der Waals surface area contributed by atoms with E-state index in [-0.39, 0.29) is 18.1 Å². The Bertz CT molecular complexity index is 583. The highest BCUT2D eigenvalue weighted by atomic mass is 16.5. The molecule has 140 valence electrons. The van der Waals surface area contributed by atoms with Crippen molar-refractivity contribution in [1.82, 2.24) is 20.0 Å². The topological polar surface area (TPSA) is 84.1 Å². The number of guanidine groups is 1. The number of nitrogens with one attached hydrogen (secondary N) is 1. The summed E-state index contributed by atoms with van der Waals surface area (Å²) in [6.07, 6.45) is 5.58. The van der Waals surface area contributed by atoms with Crippen LogP contribution in [0.25, 0.3) is 0 Å². The molecule has 1 atom stereocenters. The zero-order chi connectivity index (χ0) is 17.7. The molecule has 0 bridgehead atoms. The van der Waals surface area contributed by atoms with Crippen molar-refractivity contribution in [2.45, 2.75) is 18.9 Å². The van der Waals surface area contributed by atoms with Crippen molar-refractivity contribution in [2.75, 3.05) is 53.1 Å². The summed E-state index contributed by atoms with van der Waals surface area (Å²) in [6.45, 7) is 4.48. The van der Waals surface area contributed by atoms with Gasteiger partial charge >= 0.3 is 0 Å². The van der Waals surface area contributed by atoms with Gasteiger partial charge in [-0.15, -0.1) is 0 Å². The number of nitrogens with zero attached hydrogens (tertiary/aromatic N) is 4. The van der Waals surface area contributed by atoms with E-state index in [1.54, 1.807) is 11.7 Å². The predicted molar refractivity (Wildman–Crippen MR) is 94.4 cm³/mol. The first-order valence-corrected chi connectivity index (χ1v) is 8.90. The maximum atomic E-state index is 9.85. The summed E-state index contributed by atoms with van der Waals surface area (Å²) in [5, 5.41) is 17.5. The summed E-state index contributed by atoms with van der Waals surface area (Å²) in [4.78, 5) is 6.65. The van der Waals surface area contributed by atoms with Crippen LogP contribution in [0.3, 0.4) is 0 Å². The molecule has 1 aromatic heterocycles. The van der Waals surface area contributed by atoms with E-state index in [0.717, 1.165) is 37.5 Å². The molecule has 0 aromatic carbocycles. The Balaban J connectivity index is 1.60. The highest BCUT2D eigenvalue weighted by Crippen LogP contribution is 2.29. The summed E-state index contributed by atoms with van der Waals surface area (Å²) in [6, 6.07) is 0. The molecule has 0 amide bonds. The molecule has 8 nitrogen and oxygen atoms in total. The lowest BCUT2D eigenvalue weighted by molar-refractivity contribution is -0.0170. The van der Waals surface area contributed by atoms with Gasteiger partial charge in [-0.3, -0.25) is 9.67 Å². The first-order valence-electron chi connectivity index (χ1n) is 8.90. The van der Waals surface area contributed by atoms with Crippen molar-refractivity contribution in [3.05, 3.63) is 18.0 Å². The van der Waals surface area contributed by atoms with Crippen LogP contribution in [-0.2, 0) is 16.5 Å². The van der Waals surface area contributed by atoms with Crippen LogP contribution in [0.2, 0.25) is 0 Å². The molecule has 1 unspecified atom stereocenters. The smallest absolute Gasteiger partial charge is 0.193 e. The third-order valence-corrected chi connectivity index (χ3v) is 5.18. The lowest BCUT2D eigenvalue weighted by Crippen LogP contribution is -2.52. The largest absolute Gasteiger partial charge is 0.396 e. The zero-order valence-electron chi connectivity index (χ0n) is 15.1. The molecule has 2 N–H and O–H groups in total. The number of aliphatic imine (C=N–C) groups is 1. The number of hydrogen-bond donors (Lipinski definition) is 2. The van der Waals surface area contributed by atoms with Gasteiger partial charge in [0.1, 0.15) is 6.10 Å². The summed E-state index contributed by atoms with van der Waals surface area (Å²) in [5.41, 5.74) is 0.961. The van der Waals surface area contributed by atoms with Gasteiger partial charge in [0.25, 0.3) is 0 Å². The van der Waals surface area contributed by atoms with E-state index < -0.39 is 0 Å². The number of ether oxygens (including phenoxy) is 2. The molecule has 1 aromatic rings. The summed E-state index contributed by atoms with van der Waals surface area (Å²) < 4.78 is 13.1. The number of aliphatic hydroxyl groups excluding tert-OH is 1. The van der Waals surface area contributed by atoms with E-state index in [2.05, 4.69) is 20.3 Å². The molecule has 2 fully saturated rings. The lowest BCUT2D eigenvalue weighted by atomic mass is 9.81. The standard InChI is InChI=1S/C17H29N5O3/c1-18-16(19-12-17(13-23)3-6-24-7-4-17)22-5-8-25-15(11-22)14-9-20-21(2)10-14/h9-10,15,23H,3-8,11-13H2,1-2H3,(H,18,19). The molecule has 0 radical (unpaired) electrons. The Labute approximate surface area is 148 Å². The van der Waals surface area contributed by atoms with Gasteiger partial charge in [0.15, 0.2) is 5.96 Å². The van der Waals surface area contributed by atoms with E-state index in [1.807, 2.05) is 19.4 Å². The van der Waals surface area contributed by atoms with Crippen LogP contribution in [0, 0.1) is 5.41 Å². The van der Waals surface area contributed by atoms with E-state index in [0.29, 0.717) is 26.4 Å². The van der Waals surface area contributed by atoms with E-state index in [1.165, 1.54) is 0 Å². The van der Waals surface area contributed by atoms with Crippen LogP contribution in [0.1, 0.15) is 24.5 Å². The molecule has 0 aliphatic carbocycles. The number of aromatic nitrogens is 2. The average Bonchev–Trinajstić information content (AvgIpc) is 3.10. The fraction of sp³-hybridized carbons (Fsp3) is 0.765. The van der Waals surface area contributed by atoms with Crippen molar-refractivity contribution in [2.24, 2.45) is 17.5 Å². The van der Waals surface area contributed by atoms with Crippen molar-refractivity contribution >= 4 is 5.96 Å². The minimum Gasteiger partial charge on any atom is -0.396 e. The van der Waals surface area contributed by atoms with E-state index >= 15 is 0 Å². The molecule has 0 saturated carbocycles. The van der Waals surface area contributed by atoms with Gasteiger partial charge in [0.05, 0.1) is 26.0 Å². The van der Waals surface area contributed by atoms with Crippen LogP contribution in [0.5, 0.6) is 0 Å². The first-order chi connectivity index (χ1) is 12.2. The second kappa shape index (κ2) is 8.16. The lowest BCUT2D eigenvalue weighted by Gasteiger charge is -2.39. The maximum absolute atomic E-state index is 9.85. The SMILES string of the molecule is CN=C(NCC1(CO)CCOCC1)N1CCOC(c2cnn(C)c2)C1. The Morgan fingerprint density at radius 3 is 2.88 bits per heavy atom. The summed E-state index contributed by atoms with van der Waals surface area (Å²) in [7, 11) is 3.71. The minimum absolute atomic E-state index is 0.00381. The zero-order valence-corrected chi connectivity index (χ0v) is 15.1. The van der Waals surface area contributed by atoms with Crippen LogP contribution in [0.4, 0.5) is 0 Å². The highest BCUT2D eigenvalue weighted by Gasteiger charge is 2.33. The minimum atomic E-state index is -0.122. The van der Waals surface area contributed by atoms with Crippen LogP contribution in [-0.4, -0.2) is 78.9 Å². The van der Waals surface area contributed by atoms with Gasteiger partial charge in [-0.25, -0.2) is 0 Å². The van der Waals surface area contributed by atoms with Gasteiger partial charge < -0.3 is 24.8 Å². The number of hydrogen-bond acceptors (Lipinski definition) is 5. The maximum Gasteiger partial charge on any atom is 0.193 e. The van der Waals surface area contributed by atoms with E-state index in [9.17, 15) is 5.11 Å². The third kappa shape index (κ3) is 4.31. The van der Waals surface area contributed by atoms with Crippen molar-refractivity contribution in [1.29, 1.82) is 0 Å². The second-order valence-corrected chi connectivity index (χ2v) is 6.92. The molecule has 0 spiro atoms. The van der Waals surface area contributed by atoms with Crippen LogP contribution in [0.15, 0.2) is 17.4 Å². The van der Waals surface area contributed by atoms with Gasteiger partial charge in [0.2, 0.25) is 0 Å².